The van der Waals surface area contributed by atoms with Gasteiger partial charge in [-0.25, -0.2) is 4.79 Å². The Bertz CT molecular complexity index is 2140. The van der Waals surface area contributed by atoms with Crippen molar-refractivity contribution in [2.75, 3.05) is 48.1 Å². The molecule has 4 amide bonds. The molecule has 2 N–H and O–H groups in total. The van der Waals surface area contributed by atoms with E-state index < -0.39 is 59.1 Å². The maximum absolute atomic E-state index is 14.7. The lowest BCUT2D eigenvalue weighted by molar-refractivity contribution is -0.385. The normalized spacial score (nSPS) is 21.5. The number of methoxy groups -OCH3 is 3. The number of aldehydes is 1. The average molecular weight is 1010 g/mol. The molecule has 2 bridgehead atoms. The first-order valence-electron chi connectivity index (χ1n) is 26.0. The largest absolute Gasteiger partial charge is 0.493 e. The molecule has 3 aliphatic rings. The number of esters is 1. The summed E-state index contributed by atoms with van der Waals surface area (Å²) in [6.07, 6.45) is 7.67. The van der Waals surface area contributed by atoms with Gasteiger partial charge in [0.1, 0.15) is 17.8 Å². The Morgan fingerprint density at radius 3 is 2.29 bits per heavy atom. The molecule has 2 heterocycles. The van der Waals surface area contributed by atoms with Gasteiger partial charge < -0.3 is 39.4 Å². The fourth-order valence-corrected chi connectivity index (χ4v) is 11.3. The first kappa shape index (κ1) is 57.4. The predicted octanol–water partition coefficient (Wildman–Crippen LogP) is 6.16. The van der Waals surface area contributed by atoms with Gasteiger partial charge in [0.15, 0.2) is 6.29 Å². The van der Waals surface area contributed by atoms with Crippen molar-refractivity contribution in [1.29, 1.82) is 0 Å². The molecule has 18 heteroatoms. The van der Waals surface area contributed by atoms with Gasteiger partial charge in [-0.1, -0.05) is 84.2 Å². The summed E-state index contributed by atoms with van der Waals surface area (Å²) >= 11 is 0. The van der Waals surface area contributed by atoms with Crippen LogP contribution in [0, 0.1) is 33.8 Å². The quantitative estimate of drug-likeness (QED) is 0.0307. The second-order valence-corrected chi connectivity index (χ2v) is 20.4. The Kier molecular flexibility index (Phi) is 22.0. The molecular weight excluding hydrogens is 925 g/mol. The number of ether oxygens (including phenoxy) is 4. The van der Waals surface area contributed by atoms with E-state index in [1.54, 1.807) is 36.9 Å². The molecule has 398 valence electrons. The molecule has 2 aromatic carbocycles. The predicted molar refractivity (Wildman–Crippen MR) is 271 cm³/mol. The van der Waals surface area contributed by atoms with Crippen molar-refractivity contribution in [3.05, 3.63) is 69.8 Å². The van der Waals surface area contributed by atoms with E-state index in [1.165, 1.54) is 26.4 Å². The van der Waals surface area contributed by atoms with Gasteiger partial charge in [-0.3, -0.25) is 39.0 Å². The number of piperidine rings is 1. The van der Waals surface area contributed by atoms with Crippen LogP contribution in [0.3, 0.4) is 0 Å². The van der Waals surface area contributed by atoms with Gasteiger partial charge in [-0.2, -0.15) is 0 Å². The first-order valence-corrected chi connectivity index (χ1v) is 26.0. The summed E-state index contributed by atoms with van der Waals surface area (Å²) in [5, 5.41) is 17.4. The van der Waals surface area contributed by atoms with Crippen LogP contribution in [0.25, 0.3) is 0 Å². The number of unbranched alkanes of at least 4 members (excludes halogenated alkanes) is 3. The van der Waals surface area contributed by atoms with E-state index >= 15 is 0 Å². The van der Waals surface area contributed by atoms with Gasteiger partial charge in [-0.05, 0) is 86.9 Å². The number of amides is 4. The van der Waals surface area contributed by atoms with Crippen molar-refractivity contribution in [2.45, 2.75) is 160 Å². The Morgan fingerprint density at radius 2 is 1.65 bits per heavy atom. The van der Waals surface area contributed by atoms with Crippen molar-refractivity contribution in [2.24, 2.45) is 23.7 Å². The van der Waals surface area contributed by atoms with Gasteiger partial charge in [0.05, 0.1) is 72.9 Å². The number of likely N-dealkylation sites (tertiary alicyclic amines) is 2. The lowest BCUT2D eigenvalue weighted by atomic mass is 9.89. The summed E-state index contributed by atoms with van der Waals surface area (Å²) in [4.78, 5) is 97.8. The number of hydrogen-bond donors (Lipinski definition) is 2. The number of likely N-dealkylation sites (N-methyl/N-ethyl adjacent to an activating group) is 1. The van der Waals surface area contributed by atoms with E-state index in [4.69, 9.17) is 18.9 Å². The van der Waals surface area contributed by atoms with Crippen LogP contribution in [0.4, 0.5) is 5.69 Å². The molecule has 2 saturated heterocycles. The highest BCUT2D eigenvalue weighted by molar-refractivity contribution is 5.91. The molecule has 2 aromatic rings. The minimum Gasteiger partial charge on any atom is -0.493 e. The third-order valence-corrected chi connectivity index (χ3v) is 15.5. The van der Waals surface area contributed by atoms with Crippen LogP contribution < -0.4 is 15.4 Å². The number of nitrogens with one attached hydrogen (secondary N) is 2. The molecule has 1 saturated carbocycles. The SMILES string of the molecule is CC[C@H](C)[C@@H]([C@@H](CC(=O)N1CCC[C@H]1[C@H](OC)[C@@H](C)C(=O)N[C@@H](Cc1ccccc1)C(=O)OC)OC)N(C)C(=O)[C@@H](NC(=O)[C@@H]1[C@H]2CC[C@@H](C2)N1CCCCCCOc1ccc(C=O)c([N+](=O)[O-])c1)C(C)C. The Labute approximate surface area is 425 Å². The maximum Gasteiger partial charge on any atom is 0.328 e. The minimum atomic E-state index is -0.913. The zero-order valence-corrected chi connectivity index (χ0v) is 43.9. The standard InChI is InChI=1S/C54H80N6O12/c1-10-35(4)48(45(69-7)32-46(62)59-27-18-21-43(59)50(70-8)36(5)51(63)55-42(54(66)71-9)29-37-19-14-13-15-20-37)57(6)53(65)47(34(2)3)56-52(64)49-38-22-24-40(30-38)58(49)26-16-11-12-17-28-72-41-25-23-39(33-61)44(31-41)60(67)68/h13-15,19-20,23,25,31,33-36,38,40,42-43,45,47-50H,10-12,16-18,21-22,24,26-30,32H2,1-9H3,(H,55,63)(H,56,64)/t35-,36+,38-,40-,42-,43-,45+,47-,48-,49-,50+/m0/s1. The lowest BCUT2D eigenvalue weighted by Crippen LogP contribution is -2.60. The fraction of sp³-hybridized carbons (Fsp3) is 0.667. The van der Waals surface area contributed by atoms with Crippen molar-refractivity contribution >= 4 is 41.6 Å². The molecule has 2 aliphatic heterocycles. The summed E-state index contributed by atoms with van der Waals surface area (Å²) in [5.41, 5.74) is 0.578. The molecule has 18 nitrogen and oxygen atoms in total. The summed E-state index contributed by atoms with van der Waals surface area (Å²) in [7, 11) is 6.09. The number of carbonyl (C=O) groups is 6. The number of nitrogens with zero attached hydrogens (tertiary/aromatic N) is 4. The number of hydrogen-bond acceptors (Lipinski definition) is 13. The zero-order chi connectivity index (χ0) is 52.6. The van der Waals surface area contributed by atoms with E-state index in [-0.39, 0.29) is 65.6 Å². The highest BCUT2D eigenvalue weighted by atomic mass is 16.6. The van der Waals surface area contributed by atoms with Gasteiger partial charge in [0, 0.05) is 40.3 Å². The number of benzene rings is 2. The van der Waals surface area contributed by atoms with Crippen LogP contribution in [0.2, 0.25) is 0 Å². The van der Waals surface area contributed by atoms with Crippen LogP contribution in [0.5, 0.6) is 5.75 Å². The molecule has 72 heavy (non-hydrogen) atoms. The Hall–Kier alpha value is -5.46. The van der Waals surface area contributed by atoms with Crippen LogP contribution >= 0.6 is 0 Å². The lowest BCUT2D eigenvalue weighted by Gasteiger charge is -2.41. The third kappa shape index (κ3) is 14.4. The molecule has 0 aromatic heterocycles. The van der Waals surface area contributed by atoms with Gasteiger partial charge in [0.25, 0.3) is 5.69 Å². The van der Waals surface area contributed by atoms with Gasteiger partial charge in [0.2, 0.25) is 23.6 Å². The average Bonchev–Trinajstić information content (AvgIpc) is 4.15. The monoisotopic (exact) mass is 1000 g/mol. The second-order valence-electron chi connectivity index (χ2n) is 20.4. The molecular formula is C54H80N6O12. The van der Waals surface area contributed by atoms with E-state index in [2.05, 4.69) is 15.5 Å². The van der Waals surface area contributed by atoms with Crippen molar-refractivity contribution < 1.29 is 52.6 Å². The summed E-state index contributed by atoms with van der Waals surface area (Å²) in [5.74, 6) is -2.02. The van der Waals surface area contributed by atoms with E-state index in [9.17, 15) is 38.9 Å². The van der Waals surface area contributed by atoms with Crippen LogP contribution in [0.1, 0.15) is 121 Å². The van der Waals surface area contributed by atoms with E-state index in [0.29, 0.717) is 50.5 Å². The highest BCUT2D eigenvalue weighted by Gasteiger charge is 2.50. The highest BCUT2D eigenvalue weighted by Crippen LogP contribution is 2.43. The van der Waals surface area contributed by atoms with Crippen LogP contribution in [-0.2, 0) is 44.6 Å². The molecule has 3 fully saturated rings. The number of rotatable bonds is 29. The fourth-order valence-electron chi connectivity index (χ4n) is 11.3. The van der Waals surface area contributed by atoms with Gasteiger partial charge in [-0.15, -0.1) is 0 Å². The van der Waals surface area contributed by atoms with Gasteiger partial charge >= 0.3 is 5.97 Å². The number of carbonyl (C=O) groups excluding carboxylic acids is 6. The minimum absolute atomic E-state index is 0.000909. The number of nitro benzene ring substituents is 1. The number of nitro groups is 1. The maximum atomic E-state index is 14.7. The summed E-state index contributed by atoms with van der Waals surface area (Å²) in [6.45, 7) is 11.2. The van der Waals surface area contributed by atoms with Crippen LogP contribution in [0.15, 0.2) is 48.5 Å². The Morgan fingerprint density at radius 1 is 0.931 bits per heavy atom. The van der Waals surface area contributed by atoms with E-state index in [0.717, 1.165) is 57.1 Å². The number of fused-ring (bicyclic) bond motifs is 2. The molecule has 0 radical (unpaired) electrons. The van der Waals surface area contributed by atoms with Crippen molar-refractivity contribution in [3.8, 4) is 5.75 Å². The Balaban J connectivity index is 1.19. The molecule has 5 rings (SSSR count). The topological polar surface area (TPSA) is 216 Å². The summed E-state index contributed by atoms with van der Waals surface area (Å²) in [6, 6.07) is 10.9. The van der Waals surface area contributed by atoms with Crippen LogP contribution in [-0.4, -0.2) is 152 Å². The third-order valence-electron chi connectivity index (χ3n) is 15.5. The smallest absolute Gasteiger partial charge is 0.328 e. The zero-order valence-electron chi connectivity index (χ0n) is 43.9. The second kappa shape index (κ2) is 27.6. The first-order chi connectivity index (χ1) is 34.5. The summed E-state index contributed by atoms with van der Waals surface area (Å²) < 4.78 is 22.9. The molecule has 0 unspecified atom stereocenters. The van der Waals surface area contributed by atoms with Crippen molar-refractivity contribution in [1.82, 2.24) is 25.3 Å². The molecule has 11 atom stereocenters. The van der Waals surface area contributed by atoms with Crippen molar-refractivity contribution in [3.63, 3.8) is 0 Å². The molecule has 1 aliphatic carbocycles. The van der Waals surface area contributed by atoms with E-state index in [1.807, 2.05) is 58.0 Å². The molecule has 0 spiro atoms.